The van der Waals surface area contributed by atoms with Crippen LogP contribution in [0.5, 0.6) is 0 Å². The van der Waals surface area contributed by atoms with Crippen LogP contribution < -0.4 is 5.32 Å². The number of benzene rings is 1. The number of hydrogen-bond acceptors (Lipinski definition) is 4. The summed E-state index contributed by atoms with van der Waals surface area (Å²) in [4.78, 5) is 24.1. The molecule has 3 rings (SSSR count). The molecule has 6 nitrogen and oxygen atoms in total. The third-order valence-electron chi connectivity index (χ3n) is 5.13. The van der Waals surface area contributed by atoms with Gasteiger partial charge in [-0.1, -0.05) is 30.5 Å². The van der Waals surface area contributed by atoms with Gasteiger partial charge in [0, 0.05) is 6.42 Å². The minimum atomic E-state index is -0.343. The minimum Gasteiger partial charge on any atom is -0.456 e. The second kappa shape index (κ2) is 8.37. The molecule has 1 N–H and O–H groups in total. The first-order valence-electron chi connectivity index (χ1n) is 9.53. The topological polar surface area (TPSA) is 73.2 Å². The molecule has 0 radical (unpaired) electrons. The number of hydrogen-bond donors (Lipinski definition) is 1. The van der Waals surface area contributed by atoms with E-state index in [-0.39, 0.29) is 18.5 Å². The molecule has 1 saturated carbocycles. The van der Waals surface area contributed by atoms with E-state index in [0.717, 1.165) is 29.9 Å². The summed E-state index contributed by atoms with van der Waals surface area (Å²) in [5, 5.41) is 7.35. The van der Waals surface area contributed by atoms with Gasteiger partial charge >= 0.3 is 5.97 Å². The molecule has 0 unspecified atom stereocenters. The van der Waals surface area contributed by atoms with Crippen LogP contribution in [0, 0.1) is 26.7 Å². The summed E-state index contributed by atoms with van der Waals surface area (Å²) in [6, 6.07) is 8.03. The lowest BCUT2D eigenvalue weighted by molar-refractivity contribution is -0.148. The predicted octanol–water partition coefficient (Wildman–Crippen LogP) is 3.86. The van der Waals surface area contributed by atoms with Crippen molar-refractivity contribution in [1.82, 2.24) is 9.78 Å². The number of anilines is 1. The second-order valence-corrected chi connectivity index (χ2v) is 7.36. The number of carbonyl (C=O) groups excluding carboxylic acids is 2. The van der Waals surface area contributed by atoms with Gasteiger partial charge in [-0.25, -0.2) is 4.68 Å². The molecule has 2 aromatic rings. The maximum absolute atomic E-state index is 12.2. The fourth-order valence-corrected chi connectivity index (χ4v) is 3.59. The van der Waals surface area contributed by atoms with Crippen LogP contribution in [0.25, 0.3) is 5.69 Å². The van der Waals surface area contributed by atoms with Gasteiger partial charge in [0.15, 0.2) is 6.61 Å². The molecule has 1 aliphatic rings. The van der Waals surface area contributed by atoms with E-state index in [1.54, 1.807) is 4.68 Å². The second-order valence-electron chi connectivity index (χ2n) is 7.36. The number of nitrogens with one attached hydrogen (secondary N) is 1. The van der Waals surface area contributed by atoms with Crippen LogP contribution >= 0.6 is 0 Å². The third-order valence-corrected chi connectivity index (χ3v) is 5.13. The minimum absolute atomic E-state index is 0.264. The van der Waals surface area contributed by atoms with Crippen LogP contribution in [-0.4, -0.2) is 28.3 Å². The van der Waals surface area contributed by atoms with E-state index >= 15 is 0 Å². The van der Waals surface area contributed by atoms with Gasteiger partial charge < -0.3 is 10.1 Å². The number of aromatic nitrogens is 2. The molecule has 144 valence electrons. The Hall–Kier alpha value is -2.63. The molecular formula is C21H27N3O3. The molecule has 0 bridgehead atoms. The Morgan fingerprint density at radius 2 is 1.81 bits per heavy atom. The first-order chi connectivity index (χ1) is 12.9. The van der Waals surface area contributed by atoms with Crippen molar-refractivity contribution in [3.05, 3.63) is 41.2 Å². The quantitative estimate of drug-likeness (QED) is 0.785. The lowest BCUT2D eigenvalue weighted by Gasteiger charge is -2.10. The van der Waals surface area contributed by atoms with Crippen molar-refractivity contribution in [2.45, 2.75) is 52.9 Å². The molecule has 0 spiro atoms. The van der Waals surface area contributed by atoms with Gasteiger partial charge in [0.2, 0.25) is 0 Å². The summed E-state index contributed by atoms with van der Waals surface area (Å²) >= 11 is 0. The van der Waals surface area contributed by atoms with E-state index in [9.17, 15) is 9.59 Å². The molecule has 0 aliphatic heterocycles. The van der Waals surface area contributed by atoms with Gasteiger partial charge in [0.1, 0.15) is 0 Å². The summed E-state index contributed by atoms with van der Waals surface area (Å²) in [6.45, 7) is 5.52. The highest BCUT2D eigenvalue weighted by Crippen LogP contribution is 2.27. The summed E-state index contributed by atoms with van der Waals surface area (Å²) in [6.07, 6.45) is 4.94. The highest BCUT2D eigenvalue weighted by Gasteiger charge is 2.20. The van der Waals surface area contributed by atoms with Crippen molar-refractivity contribution in [2.24, 2.45) is 5.92 Å². The monoisotopic (exact) mass is 369 g/mol. The molecule has 1 heterocycles. The molecule has 0 atom stereocenters. The Labute approximate surface area is 159 Å². The maximum Gasteiger partial charge on any atom is 0.306 e. The van der Waals surface area contributed by atoms with Gasteiger partial charge in [-0.2, -0.15) is 5.10 Å². The smallest absolute Gasteiger partial charge is 0.306 e. The Balaban J connectivity index is 1.59. The van der Waals surface area contributed by atoms with Crippen molar-refractivity contribution in [3.8, 4) is 5.69 Å². The summed E-state index contributed by atoms with van der Waals surface area (Å²) in [5.41, 5.74) is 4.33. The first kappa shape index (κ1) is 19.1. The van der Waals surface area contributed by atoms with Crippen LogP contribution in [0.3, 0.4) is 0 Å². The Bertz CT molecular complexity index is 818. The van der Waals surface area contributed by atoms with Gasteiger partial charge in [-0.3, -0.25) is 9.59 Å². The van der Waals surface area contributed by atoms with Gasteiger partial charge in [0.25, 0.3) is 5.91 Å². The normalized spacial score (nSPS) is 14.3. The molecule has 6 heteroatoms. The van der Waals surface area contributed by atoms with Crippen molar-refractivity contribution in [1.29, 1.82) is 0 Å². The Kier molecular flexibility index (Phi) is 5.94. The highest BCUT2D eigenvalue weighted by atomic mass is 16.5. The van der Waals surface area contributed by atoms with Crippen LogP contribution in [-0.2, 0) is 14.3 Å². The summed E-state index contributed by atoms with van der Waals surface area (Å²) in [7, 11) is 0. The van der Waals surface area contributed by atoms with E-state index in [0.29, 0.717) is 18.0 Å². The van der Waals surface area contributed by atoms with Crippen molar-refractivity contribution in [2.75, 3.05) is 11.9 Å². The summed E-state index contributed by atoms with van der Waals surface area (Å²) in [5.74, 6) is -0.219. The van der Waals surface area contributed by atoms with E-state index in [1.807, 2.05) is 45.0 Å². The van der Waals surface area contributed by atoms with Crippen molar-refractivity contribution in [3.63, 3.8) is 0 Å². The van der Waals surface area contributed by atoms with E-state index in [4.69, 9.17) is 4.74 Å². The van der Waals surface area contributed by atoms with Crippen LogP contribution in [0.2, 0.25) is 0 Å². The van der Waals surface area contributed by atoms with Gasteiger partial charge in [0.05, 0.1) is 22.8 Å². The van der Waals surface area contributed by atoms with Crippen LogP contribution in [0.1, 0.15) is 49.1 Å². The predicted molar refractivity (Wildman–Crippen MR) is 104 cm³/mol. The number of amides is 1. The molecule has 1 aliphatic carbocycles. The number of carbonyl (C=O) groups is 2. The average molecular weight is 369 g/mol. The maximum atomic E-state index is 12.2. The standard InChI is InChI=1S/C21H27N3O3/c1-14-8-10-18(11-9-14)24-16(3)21(15(2)23-24)22-19(25)13-27-20(26)12-17-6-4-5-7-17/h8-11,17H,4-7,12-13H2,1-3H3,(H,22,25). The van der Waals surface area contributed by atoms with Gasteiger partial charge in [-0.15, -0.1) is 0 Å². The lowest BCUT2D eigenvalue weighted by Crippen LogP contribution is -2.22. The molecule has 0 saturated heterocycles. The fraction of sp³-hybridized carbons (Fsp3) is 0.476. The first-order valence-corrected chi connectivity index (χ1v) is 9.53. The van der Waals surface area contributed by atoms with E-state index < -0.39 is 0 Å². The molecule has 27 heavy (non-hydrogen) atoms. The number of nitrogens with zero attached hydrogens (tertiary/aromatic N) is 2. The Morgan fingerprint density at radius 3 is 2.48 bits per heavy atom. The number of ether oxygens (including phenoxy) is 1. The molecule has 1 aromatic carbocycles. The average Bonchev–Trinajstić information content (AvgIpc) is 3.24. The molecule has 1 aromatic heterocycles. The van der Waals surface area contributed by atoms with Crippen molar-refractivity contribution >= 4 is 17.6 Å². The van der Waals surface area contributed by atoms with E-state index in [2.05, 4.69) is 10.4 Å². The third kappa shape index (κ3) is 4.76. The molecular weight excluding hydrogens is 342 g/mol. The van der Waals surface area contributed by atoms with Gasteiger partial charge in [-0.05, 0) is 51.7 Å². The molecule has 1 fully saturated rings. The summed E-state index contributed by atoms with van der Waals surface area (Å²) < 4.78 is 6.95. The Morgan fingerprint density at radius 1 is 1.15 bits per heavy atom. The molecule has 1 amide bonds. The zero-order valence-electron chi connectivity index (χ0n) is 16.2. The van der Waals surface area contributed by atoms with Crippen LogP contribution in [0.4, 0.5) is 5.69 Å². The number of rotatable bonds is 6. The highest BCUT2D eigenvalue weighted by molar-refractivity contribution is 5.93. The zero-order chi connectivity index (χ0) is 19.4. The fourth-order valence-electron chi connectivity index (χ4n) is 3.59. The largest absolute Gasteiger partial charge is 0.456 e. The van der Waals surface area contributed by atoms with Crippen molar-refractivity contribution < 1.29 is 14.3 Å². The zero-order valence-corrected chi connectivity index (χ0v) is 16.2. The number of aryl methyl sites for hydroxylation is 2. The van der Waals surface area contributed by atoms with Crippen LogP contribution in [0.15, 0.2) is 24.3 Å². The lowest BCUT2D eigenvalue weighted by atomic mass is 10.1. The van der Waals surface area contributed by atoms with E-state index in [1.165, 1.54) is 18.4 Å². The SMILES string of the molecule is Cc1ccc(-n2nc(C)c(NC(=O)COC(=O)CC3CCCC3)c2C)cc1. The number of esters is 1.